The number of nitrogens with zero attached hydrogens (tertiary/aromatic N) is 3. The van der Waals surface area contributed by atoms with Crippen molar-refractivity contribution in [2.45, 2.75) is 25.8 Å². The number of hydrogen-bond acceptors (Lipinski definition) is 3. The van der Waals surface area contributed by atoms with Gasteiger partial charge in [0.25, 0.3) is 0 Å². The normalized spacial score (nSPS) is 22.9. The van der Waals surface area contributed by atoms with Crippen molar-refractivity contribution >= 4 is 6.29 Å². The molecule has 0 amide bonds. The van der Waals surface area contributed by atoms with Crippen molar-refractivity contribution in [3.63, 3.8) is 0 Å². The van der Waals surface area contributed by atoms with Crippen molar-refractivity contribution in [1.82, 2.24) is 14.7 Å². The molecule has 2 rings (SSSR count). The van der Waals surface area contributed by atoms with Crippen molar-refractivity contribution in [1.29, 1.82) is 0 Å². The Bertz CT molecular complexity index is 334. The van der Waals surface area contributed by atoms with Crippen molar-refractivity contribution < 1.29 is 4.79 Å². The minimum absolute atomic E-state index is 0.437. The molecule has 1 aliphatic rings. The van der Waals surface area contributed by atoms with Crippen LogP contribution < -0.4 is 0 Å². The van der Waals surface area contributed by atoms with E-state index in [1.165, 1.54) is 13.0 Å². The highest BCUT2D eigenvalue weighted by Crippen LogP contribution is 2.20. The number of likely N-dealkylation sites (tertiary alicyclic amines) is 1. The molecule has 82 valence electrons. The smallest absolute Gasteiger partial charge is 0.153 e. The summed E-state index contributed by atoms with van der Waals surface area (Å²) in [5, 5.41) is 4.24. The molecule has 0 bridgehead atoms. The van der Waals surface area contributed by atoms with E-state index in [4.69, 9.17) is 0 Å². The molecule has 4 nitrogen and oxygen atoms in total. The van der Waals surface area contributed by atoms with Crippen LogP contribution in [0.3, 0.4) is 0 Å². The topological polar surface area (TPSA) is 38.1 Å². The number of hydrogen-bond donors (Lipinski definition) is 0. The van der Waals surface area contributed by atoms with Crippen LogP contribution in [-0.2, 0) is 0 Å². The third kappa shape index (κ3) is 2.26. The van der Waals surface area contributed by atoms with Crippen molar-refractivity contribution in [2.24, 2.45) is 0 Å². The predicted molar refractivity (Wildman–Crippen MR) is 58.0 cm³/mol. The molecule has 1 saturated heterocycles. The maximum absolute atomic E-state index is 10.6. The van der Waals surface area contributed by atoms with E-state index in [1.807, 2.05) is 10.9 Å². The number of carbonyl (C=O) groups is 1. The first-order valence-corrected chi connectivity index (χ1v) is 5.55. The molecular formula is C11H17N3O. The summed E-state index contributed by atoms with van der Waals surface area (Å²) in [6.45, 7) is 5.52. The van der Waals surface area contributed by atoms with E-state index in [0.29, 0.717) is 11.6 Å². The zero-order valence-electron chi connectivity index (χ0n) is 9.09. The monoisotopic (exact) mass is 207 g/mol. The Kier molecular flexibility index (Phi) is 3.16. The lowest BCUT2D eigenvalue weighted by atomic mass is 10.1. The molecule has 1 aromatic rings. The second-order valence-corrected chi connectivity index (χ2v) is 4.06. The average molecular weight is 207 g/mol. The molecule has 0 radical (unpaired) electrons. The Morgan fingerprint density at radius 1 is 1.67 bits per heavy atom. The van der Waals surface area contributed by atoms with E-state index in [1.54, 1.807) is 6.20 Å². The fourth-order valence-corrected chi connectivity index (χ4v) is 2.15. The average Bonchev–Trinajstić information content (AvgIpc) is 2.78. The van der Waals surface area contributed by atoms with Crippen molar-refractivity contribution in [3.8, 4) is 0 Å². The highest BCUT2D eigenvalue weighted by atomic mass is 16.1. The quantitative estimate of drug-likeness (QED) is 0.702. The number of rotatable bonds is 3. The third-order valence-electron chi connectivity index (χ3n) is 3.06. The van der Waals surface area contributed by atoms with Crippen LogP contribution in [0.1, 0.15) is 36.2 Å². The summed E-state index contributed by atoms with van der Waals surface area (Å²) in [7, 11) is 0. The van der Waals surface area contributed by atoms with Gasteiger partial charge in [-0.3, -0.25) is 9.48 Å². The summed E-state index contributed by atoms with van der Waals surface area (Å²) in [6, 6.07) is 0.437. The minimum atomic E-state index is 0.437. The Balaban J connectivity index is 2.06. The van der Waals surface area contributed by atoms with Gasteiger partial charge in [-0.05, 0) is 25.9 Å². The first kappa shape index (κ1) is 10.4. The molecule has 0 aliphatic carbocycles. The second-order valence-electron chi connectivity index (χ2n) is 4.06. The molecule has 2 heterocycles. The fourth-order valence-electron chi connectivity index (χ4n) is 2.15. The van der Waals surface area contributed by atoms with Crippen molar-refractivity contribution in [3.05, 3.63) is 18.0 Å². The molecule has 4 heteroatoms. The fraction of sp³-hybridized carbons (Fsp3) is 0.636. The highest BCUT2D eigenvalue weighted by Gasteiger charge is 2.20. The van der Waals surface area contributed by atoms with Gasteiger partial charge in [0.2, 0.25) is 0 Å². The summed E-state index contributed by atoms with van der Waals surface area (Å²) in [5.74, 6) is 0. The largest absolute Gasteiger partial charge is 0.301 e. The van der Waals surface area contributed by atoms with Crippen LogP contribution in [0.5, 0.6) is 0 Å². The van der Waals surface area contributed by atoms with Gasteiger partial charge in [-0.15, -0.1) is 0 Å². The lowest BCUT2D eigenvalue weighted by Crippen LogP contribution is -2.36. The molecule has 0 aromatic carbocycles. The number of aldehydes is 1. The second kappa shape index (κ2) is 4.57. The summed E-state index contributed by atoms with van der Waals surface area (Å²) < 4.78 is 1.94. The molecule has 0 N–H and O–H groups in total. The molecule has 1 unspecified atom stereocenters. The zero-order chi connectivity index (χ0) is 10.7. The van der Waals surface area contributed by atoms with Gasteiger partial charge in [0.1, 0.15) is 0 Å². The van der Waals surface area contributed by atoms with Crippen molar-refractivity contribution in [2.75, 3.05) is 19.6 Å². The Hall–Kier alpha value is -1.16. The van der Waals surface area contributed by atoms with Gasteiger partial charge in [-0.2, -0.15) is 5.10 Å². The lowest BCUT2D eigenvalue weighted by Gasteiger charge is -2.31. The van der Waals surface area contributed by atoms with E-state index in [9.17, 15) is 4.79 Å². The number of likely N-dealkylation sites (N-methyl/N-ethyl adjacent to an activating group) is 1. The van der Waals surface area contributed by atoms with E-state index in [-0.39, 0.29) is 0 Å². The van der Waals surface area contributed by atoms with E-state index < -0.39 is 0 Å². The lowest BCUT2D eigenvalue weighted by molar-refractivity contribution is 0.112. The Labute approximate surface area is 89.9 Å². The van der Waals surface area contributed by atoms with Gasteiger partial charge in [0.15, 0.2) is 6.29 Å². The van der Waals surface area contributed by atoms with Crippen LogP contribution in [-0.4, -0.2) is 40.6 Å². The third-order valence-corrected chi connectivity index (χ3v) is 3.06. The molecule has 15 heavy (non-hydrogen) atoms. The van der Waals surface area contributed by atoms with Gasteiger partial charge in [0, 0.05) is 12.7 Å². The van der Waals surface area contributed by atoms with Crippen LogP contribution >= 0.6 is 0 Å². The highest BCUT2D eigenvalue weighted by molar-refractivity contribution is 5.73. The number of aromatic nitrogens is 2. The van der Waals surface area contributed by atoms with Gasteiger partial charge >= 0.3 is 0 Å². The number of carbonyl (C=O) groups excluding carboxylic acids is 1. The van der Waals surface area contributed by atoms with Crippen LogP contribution in [0.2, 0.25) is 0 Å². The predicted octanol–water partition coefficient (Wildman–Crippen LogP) is 1.35. The van der Waals surface area contributed by atoms with Crippen LogP contribution in [0.15, 0.2) is 12.4 Å². The summed E-state index contributed by atoms with van der Waals surface area (Å²) >= 11 is 0. The molecule has 1 fully saturated rings. The SMILES string of the molecule is CCN1CCCC(n2cc(C=O)cn2)C1. The maximum atomic E-state index is 10.6. The number of piperidine rings is 1. The van der Waals surface area contributed by atoms with Gasteiger partial charge in [-0.25, -0.2) is 0 Å². The molecule has 0 saturated carbocycles. The van der Waals surface area contributed by atoms with E-state index in [0.717, 1.165) is 25.8 Å². The van der Waals surface area contributed by atoms with Gasteiger partial charge in [-0.1, -0.05) is 6.92 Å². The zero-order valence-corrected chi connectivity index (χ0v) is 9.09. The molecule has 1 aromatic heterocycles. The minimum Gasteiger partial charge on any atom is -0.301 e. The van der Waals surface area contributed by atoms with Crippen LogP contribution in [0.4, 0.5) is 0 Å². The van der Waals surface area contributed by atoms with Gasteiger partial charge < -0.3 is 4.90 Å². The maximum Gasteiger partial charge on any atom is 0.153 e. The van der Waals surface area contributed by atoms with Gasteiger partial charge in [0.05, 0.1) is 17.8 Å². The molecule has 1 atom stereocenters. The van der Waals surface area contributed by atoms with Crippen LogP contribution in [0.25, 0.3) is 0 Å². The summed E-state index contributed by atoms with van der Waals surface area (Å²) in [4.78, 5) is 13.0. The summed E-state index contributed by atoms with van der Waals surface area (Å²) in [5.41, 5.74) is 0.670. The standard InChI is InChI=1S/C11H17N3O/c1-2-13-5-3-4-11(8-13)14-7-10(9-15)6-12-14/h6-7,9,11H,2-5,8H2,1H3. The summed E-state index contributed by atoms with van der Waals surface area (Å²) in [6.07, 6.45) is 6.71. The Morgan fingerprint density at radius 2 is 2.53 bits per heavy atom. The molecular weight excluding hydrogens is 190 g/mol. The van der Waals surface area contributed by atoms with Crippen LogP contribution in [0, 0.1) is 0 Å². The molecule has 0 spiro atoms. The first-order valence-electron chi connectivity index (χ1n) is 5.55. The van der Waals surface area contributed by atoms with E-state index in [2.05, 4.69) is 16.9 Å². The van der Waals surface area contributed by atoms with E-state index >= 15 is 0 Å². The first-order chi connectivity index (χ1) is 7.33. The molecule has 1 aliphatic heterocycles. The Morgan fingerprint density at radius 3 is 3.20 bits per heavy atom.